The van der Waals surface area contributed by atoms with Crippen molar-refractivity contribution in [1.29, 1.82) is 0 Å². The van der Waals surface area contributed by atoms with Crippen LogP contribution in [0.25, 0.3) is 10.6 Å². The van der Waals surface area contributed by atoms with Crippen molar-refractivity contribution in [3.05, 3.63) is 51.6 Å². The van der Waals surface area contributed by atoms with Gasteiger partial charge in [-0.25, -0.2) is 14.4 Å². The van der Waals surface area contributed by atoms with Crippen LogP contribution in [-0.4, -0.2) is 27.5 Å². The number of hydrogen-bond acceptors (Lipinski definition) is 7. The lowest BCUT2D eigenvalue weighted by molar-refractivity contribution is -0.143. The van der Waals surface area contributed by atoms with Gasteiger partial charge in [0.15, 0.2) is 16.4 Å². The number of carbonyl (C=O) groups is 1. The van der Waals surface area contributed by atoms with Gasteiger partial charge in [0.1, 0.15) is 5.69 Å². The van der Waals surface area contributed by atoms with E-state index in [2.05, 4.69) is 36.2 Å². The third kappa shape index (κ3) is 5.20. The highest BCUT2D eigenvalue weighted by atomic mass is 79.9. The van der Waals surface area contributed by atoms with Gasteiger partial charge in [-0.05, 0) is 59.3 Å². The Kier molecular flexibility index (Phi) is 7.49. The molecule has 1 N–H and O–H groups in total. The minimum atomic E-state index is -0.533. The van der Waals surface area contributed by atoms with Crippen molar-refractivity contribution >= 4 is 44.7 Å². The average molecular weight is 493 g/mol. The predicted molar refractivity (Wildman–Crippen MR) is 120 cm³/mol. The Morgan fingerprint density at radius 2 is 2.17 bits per heavy atom. The molecule has 9 heteroatoms. The molecular weight excluding hydrogens is 471 g/mol. The number of halogens is 2. The number of nitrogens with zero attached hydrogens (tertiary/aromatic N) is 3. The van der Waals surface area contributed by atoms with E-state index >= 15 is 4.39 Å². The van der Waals surface area contributed by atoms with Crippen LogP contribution in [0.1, 0.15) is 43.9 Å². The van der Waals surface area contributed by atoms with Crippen molar-refractivity contribution in [3.8, 4) is 10.6 Å². The number of thiophene rings is 1. The number of aromatic nitrogens is 3. The summed E-state index contributed by atoms with van der Waals surface area (Å²) in [7, 11) is 0. The summed E-state index contributed by atoms with van der Waals surface area (Å²) in [5.74, 6) is -0.746. The summed E-state index contributed by atoms with van der Waals surface area (Å²) in [6, 6.07) is 5.50. The van der Waals surface area contributed by atoms with E-state index in [0.29, 0.717) is 30.0 Å². The van der Waals surface area contributed by atoms with Crippen LogP contribution in [0.4, 0.5) is 15.9 Å². The lowest BCUT2D eigenvalue weighted by atomic mass is 9.98. The van der Waals surface area contributed by atoms with Crippen LogP contribution >= 0.6 is 27.3 Å². The topological polar surface area (TPSA) is 77.0 Å². The zero-order valence-electron chi connectivity index (χ0n) is 16.9. The largest absolute Gasteiger partial charge is 0.466 e. The van der Waals surface area contributed by atoms with Crippen molar-refractivity contribution in [2.24, 2.45) is 0 Å². The number of hydrogen-bond donors (Lipinski definition) is 1. The minimum absolute atomic E-state index is 0.0399. The van der Waals surface area contributed by atoms with Gasteiger partial charge in [0.2, 0.25) is 0 Å². The Hall–Kier alpha value is -2.39. The quantitative estimate of drug-likeness (QED) is 0.306. The highest BCUT2D eigenvalue weighted by Gasteiger charge is 2.21. The van der Waals surface area contributed by atoms with Gasteiger partial charge in [0.25, 0.3) is 0 Å². The molecule has 3 aromatic rings. The number of carbonyl (C=O) groups excluding carboxylic acids is 1. The number of pyridine rings is 1. The molecule has 0 fully saturated rings. The monoisotopic (exact) mass is 492 g/mol. The van der Waals surface area contributed by atoms with E-state index in [1.54, 1.807) is 13.1 Å². The van der Waals surface area contributed by atoms with Gasteiger partial charge in [-0.3, -0.25) is 9.78 Å². The molecule has 0 saturated carbocycles. The van der Waals surface area contributed by atoms with Crippen molar-refractivity contribution in [2.45, 2.75) is 39.5 Å². The summed E-state index contributed by atoms with van der Waals surface area (Å²) in [6.07, 6.45) is 2.57. The number of nitrogens with one attached hydrogen (secondary N) is 1. The van der Waals surface area contributed by atoms with Gasteiger partial charge >= 0.3 is 5.97 Å². The smallest absolute Gasteiger partial charge is 0.305 e. The summed E-state index contributed by atoms with van der Waals surface area (Å²) < 4.78 is 20.5. The first-order valence-corrected chi connectivity index (χ1v) is 11.2. The first-order chi connectivity index (χ1) is 14.4. The summed E-state index contributed by atoms with van der Waals surface area (Å²) in [5, 5.41) is 4.98. The molecule has 0 aromatic carbocycles. The van der Waals surface area contributed by atoms with Gasteiger partial charge in [-0.15, -0.1) is 11.3 Å². The fraction of sp³-hybridized carbons (Fsp3) is 0.333. The summed E-state index contributed by atoms with van der Waals surface area (Å²) in [4.78, 5) is 25.3. The molecule has 1 unspecified atom stereocenters. The number of esters is 1. The van der Waals surface area contributed by atoms with Gasteiger partial charge in [-0.2, -0.15) is 0 Å². The molecule has 0 amide bonds. The second-order valence-corrected chi connectivity index (χ2v) is 8.40. The van der Waals surface area contributed by atoms with Crippen LogP contribution in [0, 0.1) is 12.7 Å². The van der Waals surface area contributed by atoms with Gasteiger partial charge < -0.3 is 10.1 Å². The molecule has 158 valence electrons. The molecular formula is C21H22BrFN4O2S. The lowest BCUT2D eigenvalue weighted by Gasteiger charge is -2.19. The minimum Gasteiger partial charge on any atom is -0.466 e. The Bertz CT molecular complexity index is 1030. The van der Waals surface area contributed by atoms with E-state index in [9.17, 15) is 4.79 Å². The first-order valence-electron chi connectivity index (χ1n) is 9.55. The van der Waals surface area contributed by atoms with E-state index in [1.165, 1.54) is 11.3 Å². The molecule has 0 radical (unpaired) electrons. The van der Waals surface area contributed by atoms with Gasteiger partial charge in [0, 0.05) is 18.5 Å². The molecule has 3 heterocycles. The maximum atomic E-state index is 15.2. The number of ether oxygens (including phenoxy) is 1. The van der Waals surface area contributed by atoms with Crippen LogP contribution in [0.3, 0.4) is 0 Å². The molecule has 0 spiro atoms. The Labute approximate surface area is 187 Å². The summed E-state index contributed by atoms with van der Waals surface area (Å²) in [5.41, 5.74) is 2.55. The molecule has 3 rings (SSSR count). The summed E-state index contributed by atoms with van der Waals surface area (Å²) >= 11 is 4.68. The second kappa shape index (κ2) is 10.1. The van der Waals surface area contributed by atoms with Crippen molar-refractivity contribution in [3.63, 3.8) is 0 Å². The Morgan fingerprint density at radius 3 is 2.87 bits per heavy atom. The molecule has 0 aliphatic rings. The van der Waals surface area contributed by atoms with Crippen LogP contribution in [0.15, 0.2) is 34.5 Å². The molecule has 0 bridgehead atoms. The van der Waals surface area contributed by atoms with Crippen molar-refractivity contribution < 1.29 is 13.9 Å². The van der Waals surface area contributed by atoms with E-state index in [1.807, 2.05) is 37.4 Å². The standard InChI is InChI=1S/C21H22BrFN4O2S/c1-4-29-15(28)8-7-12(2)17-18(13(3)9-10-24-17)25-20-16(23)19(26-21(22)27-20)14-6-5-11-30-14/h5-6,9-12H,4,7-8H2,1-3H3,(H,25,26,27). The maximum absolute atomic E-state index is 15.2. The molecule has 3 aromatic heterocycles. The highest BCUT2D eigenvalue weighted by Crippen LogP contribution is 2.34. The normalized spacial score (nSPS) is 11.9. The van der Waals surface area contributed by atoms with E-state index in [0.717, 1.165) is 11.3 Å². The molecule has 6 nitrogen and oxygen atoms in total. The second-order valence-electron chi connectivity index (χ2n) is 6.74. The summed E-state index contributed by atoms with van der Waals surface area (Å²) in [6.45, 7) is 6.04. The Morgan fingerprint density at radius 1 is 1.37 bits per heavy atom. The highest BCUT2D eigenvalue weighted by molar-refractivity contribution is 9.10. The molecule has 1 atom stereocenters. The molecule has 30 heavy (non-hydrogen) atoms. The zero-order chi connectivity index (χ0) is 21.7. The van der Waals surface area contributed by atoms with E-state index in [-0.39, 0.29) is 28.1 Å². The first kappa shape index (κ1) is 22.3. The fourth-order valence-electron chi connectivity index (χ4n) is 3.02. The molecule has 0 saturated heterocycles. The van der Waals surface area contributed by atoms with E-state index in [4.69, 9.17) is 4.74 Å². The Balaban J connectivity index is 1.91. The van der Waals surface area contributed by atoms with Crippen LogP contribution in [0.5, 0.6) is 0 Å². The number of anilines is 2. The molecule has 0 aliphatic carbocycles. The SMILES string of the molecule is CCOC(=O)CCC(C)c1nccc(C)c1Nc1nc(Br)nc(-c2cccs2)c1F. The average Bonchev–Trinajstić information content (AvgIpc) is 3.25. The van der Waals surface area contributed by atoms with Crippen LogP contribution in [0.2, 0.25) is 0 Å². The zero-order valence-corrected chi connectivity index (χ0v) is 19.3. The molecule has 0 aliphatic heterocycles. The van der Waals surface area contributed by atoms with Crippen LogP contribution < -0.4 is 5.32 Å². The van der Waals surface area contributed by atoms with Crippen molar-refractivity contribution in [1.82, 2.24) is 15.0 Å². The fourth-order valence-corrected chi connectivity index (χ4v) is 4.08. The number of aryl methyl sites for hydroxylation is 1. The lowest BCUT2D eigenvalue weighted by Crippen LogP contribution is -2.10. The van der Waals surface area contributed by atoms with Gasteiger partial charge in [-0.1, -0.05) is 13.0 Å². The van der Waals surface area contributed by atoms with E-state index < -0.39 is 5.82 Å². The number of rotatable bonds is 8. The third-order valence-corrected chi connectivity index (χ3v) is 5.80. The predicted octanol–water partition coefficient (Wildman–Crippen LogP) is 6.00. The van der Waals surface area contributed by atoms with Gasteiger partial charge in [0.05, 0.1) is 22.9 Å². The third-order valence-electron chi connectivity index (χ3n) is 4.56. The van der Waals surface area contributed by atoms with Crippen molar-refractivity contribution in [2.75, 3.05) is 11.9 Å². The van der Waals surface area contributed by atoms with Crippen LogP contribution in [-0.2, 0) is 9.53 Å². The maximum Gasteiger partial charge on any atom is 0.305 e.